The van der Waals surface area contributed by atoms with E-state index in [1.54, 1.807) is 0 Å². The number of fused-ring (bicyclic) bond motifs is 3. The van der Waals surface area contributed by atoms with E-state index in [0.717, 1.165) is 25.7 Å². The molecule has 0 aromatic heterocycles. The molecule has 2 heteroatoms. The lowest BCUT2D eigenvalue weighted by atomic mass is 9.72. The molecule has 0 amide bonds. The van der Waals surface area contributed by atoms with Gasteiger partial charge in [0.1, 0.15) is 5.78 Å². The molecule has 0 N–H and O–H groups in total. The van der Waals surface area contributed by atoms with E-state index < -0.39 is 0 Å². The van der Waals surface area contributed by atoms with E-state index in [2.05, 4.69) is 24.3 Å². The Morgan fingerprint density at radius 3 is 2.89 bits per heavy atom. The Labute approximate surface area is 107 Å². The molecule has 2 nitrogen and oxygen atoms in total. The van der Waals surface area contributed by atoms with Crippen LogP contribution in [0.2, 0.25) is 0 Å². The Kier molecular flexibility index (Phi) is 2.34. The Morgan fingerprint density at radius 1 is 1.28 bits per heavy atom. The lowest BCUT2D eigenvalue weighted by Gasteiger charge is -2.31. The van der Waals surface area contributed by atoms with Gasteiger partial charge in [0.2, 0.25) is 0 Å². The van der Waals surface area contributed by atoms with Crippen LogP contribution in [0.15, 0.2) is 24.3 Å². The van der Waals surface area contributed by atoms with Crippen molar-refractivity contribution in [2.75, 3.05) is 0 Å². The second-order valence-corrected chi connectivity index (χ2v) is 5.99. The van der Waals surface area contributed by atoms with Crippen molar-refractivity contribution in [3.63, 3.8) is 0 Å². The monoisotopic (exact) mass is 242 g/mol. The number of rotatable bonds is 3. The second-order valence-electron chi connectivity index (χ2n) is 5.99. The SMILES string of the molecule is O=C(CC1Cc2ccccc21)C1CC2CCC1O2. The molecule has 18 heavy (non-hydrogen) atoms. The number of benzene rings is 1. The normalized spacial score (nSPS) is 36.2. The predicted octanol–water partition coefficient (Wildman–Crippen LogP) is 2.85. The van der Waals surface area contributed by atoms with Crippen molar-refractivity contribution in [3.8, 4) is 0 Å². The van der Waals surface area contributed by atoms with E-state index in [0.29, 0.717) is 17.8 Å². The molecule has 2 bridgehead atoms. The van der Waals surface area contributed by atoms with Gasteiger partial charge in [0, 0.05) is 12.3 Å². The van der Waals surface area contributed by atoms with Crippen molar-refractivity contribution in [1.29, 1.82) is 0 Å². The molecule has 2 saturated heterocycles. The van der Waals surface area contributed by atoms with E-state index >= 15 is 0 Å². The third-order valence-electron chi connectivity index (χ3n) is 4.93. The zero-order valence-corrected chi connectivity index (χ0v) is 10.5. The maximum absolute atomic E-state index is 12.4. The highest BCUT2D eigenvalue weighted by molar-refractivity contribution is 5.83. The van der Waals surface area contributed by atoms with Crippen LogP contribution in [0.5, 0.6) is 0 Å². The van der Waals surface area contributed by atoms with E-state index in [1.807, 2.05) is 0 Å². The van der Waals surface area contributed by atoms with Crippen LogP contribution < -0.4 is 0 Å². The Balaban J connectivity index is 1.43. The highest BCUT2D eigenvalue weighted by Gasteiger charge is 2.44. The number of carbonyl (C=O) groups excluding carboxylic acids is 1. The fourth-order valence-corrected chi connectivity index (χ4v) is 3.92. The fraction of sp³-hybridized carbons (Fsp3) is 0.562. The first kappa shape index (κ1) is 10.7. The van der Waals surface area contributed by atoms with Gasteiger partial charge in [-0.2, -0.15) is 0 Å². The van der Waals surface area contributed by atoms with Crippen LogP contribution in [0.1, 0.15) is 42.7 Å². The Morgan fingerprint density at radius 2 is 2.17 bits per heavy atom. The number of Topliss-reactive ketones (excluding diaryl/α,β-unsaturated/α-hetero) is 1. The minimum atomic E-state index is 0.205. The van der Waals surface area contributed by atoms with Crippen LogP contribution in [0.4, 0.5) is 0 Å². The van der Waals surface area contributed by atoms with Crippen molar-refractivity contribution in [2.45, 2.75) is 50.2 Å². The predicted molar refractivity (Wildman–Crippen MR) is 68.5 cm³/mol. The fourth-order valence-electron chi connectivity index (χ4n) is 3.92. The lowest BCUT2D eigenvalue weighted by Crippen LogP contribution is -2.29. The molecule has 2 aliphatic heterocycles. The van der Waals surface area contributed by atoms with Crippen LogP contribution >= 0.6 is 0 Å². The molecule has 4 atom stereocenters. The van der Waals surface area contributed by atoms with Crippen molar-refractivity contribution < 1.29 is 9.53 Å². The van der Waals surface area contributed by atoms with Crippen molar-refractivity contribution in [2.24, 2.45) is 5.92 Å². The molecule has 1 aromatic rings. The summed E-state index contributed by atoms with van der Waals surface area (Å²) >= 11 is 0. The zero-order valence-electron chi connectivity index (χ0n) is 10.5. The Hall–Kier alpha value is -1.15. The Bertz CT molecular complexity index is 494. The van der Waals surface area contributed by atoms with Gasteiger partial charge in [-0.15, -0.1) is 0 Å². The highest BCUT2D eigenvalue weighted by Crippen LogP contribution is 2.43. The summed E-state index contributed by atoms with van der Waals surface area (Å²) in [5.41, 5.74) is 2.83. The quantitative estimate of drug-likeness (QED) is 0.814. The van der Waals surface area contributed by atoms with Gasteiger partial charge in [-0.05, 0) is 42.7 Å². The van der Waals surface area contributed by atoms with Gasteiger partial charge >= 0.3 is 0 Å². The molecule has 0 saturated carbocycles. The maximum atomic E-state index is 12.4. The van der Waals surface area contributed by atoms with Crippen LogP contribution in [0.3, 0.4) is 0 Å². The van der Waals surface area contributed by atoms with Gasteiger partial charge in [-0.25, -0.2) is 0 Å². The number of carbonyl (C=O) groups is 1. The molecule has 1 aromatic carbocycles. The van der Waals surface area contributed by atoms with E-state index in [4.69, 9.17) is 4.74 Å². The zero-order chi connectivity index (χ0) is 12.1. The second kappa shape index (κ2) is 3.92. The minimum absolute atomic E-state index is 0.205. The summed E-state index contributed by atoms with van der Waals surface area (Å²) in [7, 11) is 0. The third kappa shape index (κ3) is 1.55. The maximum Gasteiger partial charge on any atom is 0.139 e. The number of ketones is 1. The van der Waals surface area contributed by atoms with Gasteiger partial charge in [-0.1, -0.05) is 24.3 Å². The molecule has 2 heterocycles. The first-order valence-corrected chi connectivity index (χ1v) is 7.07. The molecular weight excluding hydrogens is 224 g/mol. The topological polar surface area (TPSA) is 26.3 Å². The van der Waals surface area contributed by atoms with Crippen molar-refractivity contribution in [1.82, 2.24) is 0 Å². The van der Waals surface area contributed by atoms with E-state index in [-0.39, 0.29) is 12.0 Å². The van der Waals surface area contributed by atoms with E-state index in [1.165, 1.54) is 17.5 Å². The summed E-state index contributed by atoms with van der Waals surface area (Å²) in [6.45, 7) is 0. The summed E-state index contributed by atoms with van der Waals surface area (Å²) in [5, 5.41) is 0. The van der Waals surface area contributed by atoms with Crippen LogP contribution in [-0.4, -0.2) is 18.0 Å². The van der Waals surface area contributed by atoms with Gasteiger partial charge in [-0.3, -0.25) is 4.79 Å². The van der Waals surface area contributed by atoms with Crippen LogP contribution in [-0.2, 0) is 16.0 Å². The molecule has 1 aliphatic carbocycles. The average molecular weight is 242 g/mol. The number of ether oxygens (including phenoxy) is 1. The van der Waals surface area contributed by atoms with Crippen LogP contribution in [0.25, 0.3) is 0 Å². The molecule has 94 valence electrons. The molecule has 2 fully saturated rings. The van der Waals surface area contributed by atoms with Crippen molar-refractivity contribution >= 4 is 5.78 Å². The van der Waals surface area contributed by atoms with Gasteiger partial charge < -0.3 is 4.74 Å². The third-order valence-corrected chi connectivity index (χ3v) is 4.93. The summed E-state index contributed by atoms with van der Waals surface area (Å²) in [6, 6.07) is 8.52. The highest BCUT2D eigenvalue weighted by atomic mass is 16.5. The molecular formula is C16H18O2. The lowest BCUT2D eigenvalue weighted by molar-refractivity contribution is -0.124. The van der Waals surface area contributed by atoms with Gasteiger partial charge in [0.05, 0.1) is 12.2 Å². The molecule has 0 spiro atoms. The smallest absolute Gasteiger partial charge is 0.139 e. The summed E-state index contributed by atoms with van der Waals surface area (Å²) in [5.74, 6) is 1.13. The van der Waals surface area contributed by atoms with Gasteiger partial charge in [0.25, 0.3) is 0 Å². The number of hydrogen-bond acceptors (Lipinski definition) is 2. The molecule has 0 radical (unpaired) electrons. The van der Waals surface area contributed by atoms with Gasteiger partial charge in [0.15, 0.2) is 0 Å². The number of hydrogen-bond donors (Lipinski definition) is 0. The summed E-state index contributed by atoms with van der Waals surface area (Å²) in [6.07, 6.45) is 5.70. The molecule has 3 aliphatic rings. The average Bonchev–Trinajstić information content (AvgIpc) is 2.98. The van der Waals surface area contributed by atoms with Crippen LogP contribution in [0, 0.1) is 5.92 Å². The molecule has 4 rings (SSSR count). The largest absolute Gasteiger partial charge is 0.374 e. The molecule has 4 unspecified atom stereocenters. The first-order valence-electron chi connectivity index (χ1n) is 7.07. The minimum Gasteiger partial charge on any atom is -0.374 e. The summed E-state index contributed by atoms with van der Waals surface area (Å²) in [4.78, 5) is 12.4. The summed E-state index contributed by atoms with van der Waals surface area (Å²) < 4.78 is 5.79. The van der Waals surface area contributed by atoms with Crippen molar-refractivity contribution in [3.05, 3.63) is 35.4 Å². The van der Waals surface area contributed by atoms with E-state index in [9.17, 15) is 4.79 Å². The first-order chi connectivity index (χ1) is 8.81. The standard InChI is InChI=1S/C16H18O2/c17-15(14-9-12-5-6-16(14)18-12)8-11-7-10-3-1-2-4-13(10)11/h1-4,11-12,14,16H,5-9H2.